The van der Waals surface area contributed by atoms with Crippen LogP contribution in [0.5, 0.6) is 11.5 Å². The molecule has 0 aliphatic heterocycles. The Morgan fingerprint density at radius 1 is 0.875 bits per heavy atom. The molecule has 0 saturated carbocycles. The van der Waals surface area contributed by atoms with Gasteiger partial charge in [0.2, 0.25) is 5.91 Å². The predicted molar refractivity (Wildman–Crippen MR) is 127 cm³/mol. The summed E-state index contributed by atoms with van der Waals surface area (Å²) in [6.45, 7) is 0. The fraction of sp³-hybridized carbons (Fsp3) is 0.154. The Labute approximate surface area is 187 Å². The number of hydrogen-bond acceptors (Lipinski definition) is 4. The van der Waals surface area contributed by atoms with Gasteiger partial charge in [-0.3, -0.25) is 9.59 Å². The Balaban J connectivity index is 2.08. The molecule has 32 heavy (non-hydrogen) atoms. The summed E-state index contributed by atoms with van der Waals surface area (Å²) in [6, 6.07) is 20.1. The van der Waals surface area contributed by atoms with Crippen LogP contribution in [0.3, 0.4) is 0 Å². The molecule has 0 bridgehead atoms. The maximum Gasteiger partial charge on any atom is 0.253 e. The molecule has 0 fully saturated rings. The van der Waals surface area contributed by atoms with E-state index in [4.69, 9.17) is 15.2 Å². The van der Waals surface area contributed by atoms with E-state index < -0.39 is 5.91 Å². The normalized spacial score (nSPS) is 11.1. The van der Waals surface area contributed by atoms with Crippen LogP contribution in [0.2, 0.25) is 0 Å². The molecule has 0 atom stereocenters. The smallest absolute Gasteiger partial charge is 0.253 e. The van der Waals surface area contributed by atoms with Crippen LogP contribution >= 0.6 is 0 Å². The van der Waals surface area contributed by atoms with Gasteiger partial charge in [0.25, 0.3) is 5.91 Å². The van der Waals surface area contributed by atoms with Crippen molar-refractivity contribution in [2.24, 2.45) is 5.73 Å². The van der Waals surface area contributed by atoms with Gasteiger partial charge in [0.15, 0.2) is 0 Å². The lowest BCUT2D eigenvalue weighted by Crippen LogP contribution is -2.22. The maximum atomic E-state index is 13.0. The van der Waals surface area contributed by atoms with Crippen molar-refractivity contribution in [2.75, 3.05) is 28.3 Å². The Kier molecular flexibility index (Phi) is 6.95. The third-order valence-corrected chi connectivity index (χ3v) is 5.02. The molecular formula is C26H26N2O4. The number of nitrogens with two attached hydrogens (primary N) is 1. The highest BCUT2D eigenvalue weighted by Crippen LogP contribution is 2.29. The van der Waals surface area contributed by atoms with Gasteiger partial charge < -0.3 is 20.1 Å². The monoisotopic (exact) mass is 430 g/mol. The second kappa shape index (κ2) is 9.83. The lowest BCUT2D eigenvalue weighted by molar-refractivity contribution is -0.122. The van der Waals surface area contributed by atoms with E-state index in [1.807, 2.05) is 48.5 Å². The van der Waals surface area contributed by atoms with E-state index in [1.54, 1.807) is 52.6 Å². The van der Waals surface area contributed by atoms with Gasteiger partial charge in [-0.05, 0) is 46.5 Å². The summed E-state index contributed by atoms with van der Waals surface area (Å²) in [4.78, 5) is 26.3. The Hall–Kier alpha value is -4.06. The van der Waals surface area contributed by atoms with E-state index in [2.05, 4.69) is 0 Å². The van der Waals surface area contributed by atoms with Gasteiger partial charge in [-0.1, -0.05) is 42.5 Å². The largest absolute Gasteiger partial charge is 0.497 e. The van der Waals surface area contributed by atoms with E-state index in [-0.39, 0.29) is 5.91 Å². The highest BCUT2D eigenvalue weighted by atomic mass is 16.5. The first-order valence-corrected chi connectivity index (χ1v) is 10.00. The fourth-order valence-electron chi connectivity index (χ4n) is 3.37. The first kappa shape index (κ1) is 22.6. The van der Waals surface area contributed by atoms with Gasteiger partial charge in [-0.2, -0.15) is 0 Å². The first-order chi connectivity index (χ1) is 15.3. The molecule has 0 aromatic heterocycles. The average Bonchev–Trinajstić information content (AvgIpc) is 2.81. The summed E-state index contributed by atoms with van der Waals surface area (Å²) < 4.78 is 10.7. The number of nitrogens with zero attached hydrogens (tertiary/aromatic N) is 1. The summed E-state index contributed by atoms with van der Waals surface area (Å²) in [5, 5.41) is 0. The van der Waals surface area contributed by atoms with E-state index in [1.165, 1.54) is 4.90 Å². The van der Waals surface area contributed by atoms with Gasteiger partial charge in [0.1, 0.15) is 11.5 Å². The molecule has 3 rings (SSSR count). The second-order valence-electron chi connectivity index (χ2n) is 7.39. The van der Waals surface area contributed by atoms with Crippen LogP contribution in [0.25, 0.3) is 22.8 Å². The molecule has 6 nitrogen and oxygen atoms in total. The van der Waals surface area contributed by atoms with Crippen molar-refractivity contribution in [3.05, 3.63) is 83.4 Å². The topological polar surface area (TPSA) is 81.9 Å². The average molecular weight is 431 g/mol. The van der Waals surface area contributed by atoms with Crippen LogP contribution in [0.1, 0.15) is 21.5 Å². The molecule has 0 saturated heterocycles. The van der Waals surface area contributed by atoms with Crippen LogP contribution in [0.4, 0.5) is 0 Å². The van der Waals surface area contributed by atoms with E-state index in [9.17, 15) is 9.59 Å². The van der Waals surface area contributed by atoms with Crippen molar-refractivity contribution in [3.8, 4) is 22.6 Å². The van der Waals surface area contributed by atoms with Crippen LogP contribution in [-0.4, -0.2) is 45.0 Å². The quantitative estimate of drug-likeness (QED) is 0.452. The minimum Gasteiger partial charge on any atom is -0.497 e. The minimum absolute atomic E-state index is 0.142. The van der Waals surface area contributed by atoms with E-state index in [0.29, 0.717) is 22.6 Å². The number of ether oxygens (including phenoxy) is 2. The van der Waals surface area contributed by atoms with E-state index in [0.717, 1.165) is 22.3 Å². The highest BCUT2D eigenvalue weighted by Gasteiger charge is 2.16. The van der Waals surface area contributed by atoms with Crippen molar-refractivity contribution < 1.29 is 19.1 Å². The SMILES string of the molecule is COc1cc(C=C(C(=O)N(C)C)c2ccc(-c3ccccc3C(N)=O)cc2)cc(OC)c1. The van der Waals surface area contributed by atoms with Crippen molar-refractivity contribution in [3.63, 3.8) is 0 Å². The molecule has 0 spiro atoms. The number of carbonyl (C=O) groups excluding carboxylic acids is 2. The zero-order valence-corrected chi connectivity index (χ0v) is 18.6. The lowest BCUT2D eigenvalue weighted by atomic mass is 9.95. The van der Waals surface area contributed by atoms with Crippen LogP contribution in [0.15, 0.2) is 66.7 Å². The van der Waals surface area contributed by atoms with Gasteiger partial charge >= 0.3 is 0 Å². The molecule has 0 aliphatic rings. The molecule has 0 unspecified atom stereocenters. The molecule has 0 aliphatic carbocycles. The summed E-state index contributed by atoms with van der Waals surface area (Å²) in [5.74, 6) is 0.633. The Morgan fingerprint density at radius 3 is 2.00 bits per heavy atom. The number of methoxy groups -OCH3 is 2. The molecule has 164 valence electrons. The summed E-state index contributed by atoms with van der Waals surface area (Å²) in [6.07, 6.45) is 1.81. The van der Waals surface area contributed by atoms with Crippen LogP contribution < -0.4 is 15.2 Å². The summed E-state index contributed by atoms with van der Waals surface area (Å²) in [7, 11) is 6.58. The Bertz CT molecular complexity index is 1140. The third-order valence-electron chi connectivity index (χ3n) is 5.02. The van der Waals surface area contributed by atoms with Crippen LogP contribution in [-0.2, 0) is 4.79 Å². The molecular weight excluding hydrogens is 404 g/mol. The molecule has 3 aromatic carbocycles. The molecule has 3 aromatic rings. The summed E-state index contributed by atoms with van der Waals surface area (Å²) in [5.41, 5.74) is 9.57. The molecule has 2 N–H and O–H groups in total. The molecule has 6 heteroatoms. The fourth-order valence-corrected chi connectivity index (χ4v) is 3.37. The highest BCUT2D eigenvalue weighted by molar-refractivity contribution is 6.24. The third kappa shape index (κ3) is 4.98. The van der Waals surface area contributed by atoms with Gasteiger partial charge in [0, 0.05) is 31.3 Å². The van der Waals surface area contributed by atoms with Gasteiger partial charge in [0.05, 0.1) is 14.2 Å². The number of likely N-dealkylation sites (N-methyl/N-ethyl adjacent to an activating group) is 1. The van der Waals surface area contributed by atoms with Crippen LogP contribution in [0, 0.1) is 0 Å². The number of amides is 2. The van der Waals surface area contributed by atoms with Crippen molar-refractivity contribution in [1.82, 2.24) is 4.90 Å². The number of benzene rings is 3. The summed E-state index contributed by atoms with van der Waals surface area (Å²) >= 11 is 0. The molecule has 0 heterocycles. The predicted octanol–water partition coefficient (Wildman–Crippen LogP) is 4.10. The number of rotatable bonds is 7. The van der Waals surface area contributed by atoms with Crippen molar-refractivity contribution in [2.45, 2.75) is 0 Å². The number of carbonyl (C=O) groups is 2. The molecule has 0 radical (unpaired) electrons. The maximum absolute atomic E-state index is 13.0. The standard InChI is InChI=1S/C26H26N2O4/c1-28(2)26(30)24(15-17-13-20(31-3)16-21(14-17)32-4)19-11-9-18(10-12-19)22-7-5-6-8-23(22)25(27)29/h5-16H,1-4H3,(H2,27,29). The van der Waals surface area contributed by atoms with E-state index >= 15 is 0 Å². The molecule has 2 amide bonds. The Morgan fingerprint density at radius 2 is 1.47 bits per heavy atom. The van der Waals surface area contributed by atoms with Crippen molar-refractivity contribution in [1.29, 1.82) is 0 Å². The lowest BCUT2D eigenvalue weighted by Gasteiger charge is -2.15. The first-order valence-electron chi connectivity index (χ1n) is 10.00. The minimum atomic E-state index is -0.486. The second-order valence-corrected chi connectivity index (χ2v) is 7.39. The number of primary amides is 1. The van der Waals surface area contributed by atoms with Gasteiger partial charge in [-0.15, -0.1) is 0 Å². The van der Waals surface area contributed by atoms with Gasteiger partial charge in [-0.25, -0.2) is 0 Å². The van der Waals surface area contributed by atoms with Crippen molar-refractivity contribution >= 4 is 23.5 Å². The zero-order chi connectivity index (χ0) is 23.3. The number of hydrogen-bond donors (Lipinski definition) is 1. The zero-order valence-electron chi connectivity index (χ0n) is 18.6.